The summed E-state index contributed by atoms with van der Waals surface area (Å²) in [4.78, 5) is 31.5. The van der Waals surface area contributed by atoms with Gasteiger partial charge in [0.1, 0.15) is 29.8 Å². The number of carbonyl (C=O) groups excluding carboxylic acids is 1. The Hall–Kier alpha value is -2.98. The summed E-state index contributed by atoms with van der Waals surface area (Å²) in [7, 11) is 1.72. The fourth-order valence-electron chi connectivity index (χ4n) is 3.53. The Labute approximate surface area is 167 Å². The van der Waals surface area contributed by atoms with Crippen LogP contribution < -0.4 is 10.9 Å². The summed E-state index contributed by atoms with van der Waals surface area (Å²) in [5.74, 6) is 1.37. The smallest absolute Gasteiger partial charge is 0.264 e. The van der Waals surface area contributed by atoms with Crippen LogP contribution in [0, 0.1) is 6.92 Å². The van der Waals surface area contributed by atoms with Crippen molar-refractivity contribution in [3.63, 3.8) is 0 Å². The van der Waals surface area contributed by atoms with E-state index in [0.717, 1.165) is 24.6 Å². The number of furan rings is 1. The molecular weight excluding hydrogens is 376 g/mol. The van der Waals surface area contributed by atoms with Gasteiger partial charge < -0.3 is 14.5 Å². The number of rotatable bonds is 6. The van der Waals surface area contributed by atoms with Crippen molar-refractivity contribution in [2.24, 2.45) is 7.05 Å². The topological polar surface area (TPSA) is 107 Å². The molecule has 1 unspecified atom stereocenters. The third kappa shape index (κ3) is 4.08. The highest BCUT2D eigenvalue weighted by Crippen LogP contribution is 2.23. The molecule has 0 aromatic carbocycles. The number of nitrogens with one attached hydrogen (secondary N) is 1. The number of fused-ring (bicyclic) bond motifs is 1. The molecule has 4 heterocycles. The van der Waals surface area contributed by atoms with E-state index in [1.807, 2.05) is 19.1 Å². The molecule has 10 heteroatoms. The Morgan fingerprint density at radius 3 is 2.83 bits per heavy atom. The highest BCUT2D eigenvalue weighted by atomic mass is 16.5. The van der Waals surface area contributed by atoms with Crippen LogP contribution in [-0.2, 0) is 23.1 Å². The van der Waals surface area contributed by atoms with Crippen LogP contribution in [0.5, 0.6) is 0 Å². The van der Waals surface area contributed by atoms with Crippen molar-refractivity contribution in [1.82, 2.24) is 29.5 Å². The molecule has 0 radical (unpaired) electrons. The minimum absolute atomic E-state index is 0.0906. The second kappa shape index (κ2) is 8.18. The summed E-state index contributed by atoms with van der Waals surface area (Å²) >= 11 is 0. The third-order valence-electron chi connectivity index (χ3n) is 5.10. The summed E-state index contributed by atoms with van der Waals surface area (Å²) in [5.41, 5.74) is 0.205. The largest absolute Gasteiger partial charge is 0.465 e. The van der Waals surface area contributed by atoms with Crippen molar-refractivity contribution in [1.29, 1.82) is 0 Å². The predicted octanol–water partition coefficient (Wildman–Crippen LogP) is 0.221. The summed E-state index contributed by atoms with van der Waals surface area (Å²) < 4.78 is 14.1. The van der Waals surface area contributed by atoms with Crippen LogP contribution in [0.2, 0.25) is 0 Å². The van der Waals surface area contributed by atoms with Gasteiger partial charge in [0.05, 0.1) is 25.5 Å². The van der Waals surface area contributed by atoms with E-state index in [0.29, 0.717) is 30.8 Å². The summed E-state index contributed by atoms with van der Waals surface area (Å²) in [6.45, 7) is 4.99. The van der Waals surface area contributed by atoms with Crippen LogP contribution in [0.25, 0.3) is 11.0 Å². The van der Waals surface area contributed by atoms with E-state index in [-0.39, 0.29) is 24.1 Å². The fraction of sp³-hybridized carbons (Fsp3) is 0.474. The average Bonchev–Trinajstić information content (AvgIpc) is 3.31. The van der Waals surface area contributed by atoms with E-state index in [2.05, 4.69) is 20.3 Å². The van der Waals surface area contributed by atoms with Gasteiger partial charge in [-0.25, -0.2) is 4.98 Å². The normalized spacial score (nSPS) is 16.2. The second-order valence-electron chi connectivity index (χ2n) is 7.10. The van der Waals surface area contributed by atoms with Gasteiger partial charge in [-0.05, 0) is 19.1 Å². The molecule has 4 rings (SSSR count). The first-order valence-corrected chi connectivity index (χ1v) is 9.55. The van der Waals surface area contributed by atoms with Crippen LogP contribution in [-0.4, -0.2) is 63.0 Å². The molecule has 3 aromatic rings. The van der Waals surface area contributed by atoms with Crippen LogP contribution in [0.1, 0.15) is 17.6 Å². The van der Waals surface area contributed by atoms with Crippen molar-refractivity contribution in [3.05, 3.63) is 46.5 Å². The van der Waals surface area contributed by atoms with Gasteiger partial charge >= 0.3 is 0 Å². The van der Waals surface area contributed by atoms with Gasteiger partial charge in [0.15, 0.2) is 5.65 Å². The molecule has 1 atom stereocenters. The molecule has 1 aliphatic heterocycles. The highest BCUT2D eigenvalue weighted by molar-refractivity contribution is 5.77. The van der Waals surface area contributed by atoms with Crippen LogP contribution in [0.4, 0.5) is 0 Å². The minimum atomic E-state index is -0.287. The number of morpholine rings is 1. The lowest BCUT2D eigenvalue weighted by molar-refractivity contribution is -0.122. The Bertz CT molecular complexity index is 1060. The highest BCUT2D eigenvalue weighted by Gasteiger charge is 2.25. The molecule has 10 nitrogen and oxygen atoms in total. The van der Waals surface area contributed by atoms with Crippen molar-refractivity contribution < 1.29 is 13.9 Å². The molecule has 0 bridgehead atoms. The molecule has 1 fully saturated rings. The van der Waals surface area contributed by atoms with E-state index < -0.39 is 0 Å². The summed E-state index contributed by atoms with van der Waals surface area (Å²) in [5, 5.41) is 7.35. The van der Waals surface area contributed by atoms with E-state index >= 15 is 0 Å². The van der Waals surface area contributed by atoms with Gasteiger partial charge in [-0.15, -0.1) is 0 Å². The van der Waals surface area contributed by atoms with Gasteiger partial charge in [0, 0.05) is 26.7 Å². The summed E-state index contributed by atoms with van der Waals surface area (Å²) in [6, 6.07) is 3.76. The molecule has 29 heavy (non-hydrogen) atoms. The van der Waals surface area contributed by atoms with Crippen LogP contribution in [0.3, 0.4) is 0 Å². The maximum atomic E-state index is 12.5. The fourth-order valence-corrected chi connectivity index (χ4v) is 3.53. The van der Waals surface area contributed by atoms with E-state index in [4.69, 9.17) is 9.15 Å². The number of hydrogen-bond donors (Lipinski definition) is 1. The molecule has 1 amide bonds. The SMILES string of the molecule is Cc1ccc(C(CNC(=O)Cn2cnc3c(cnn3C)c2=O)N2CCOCC2)o1. The van der Waals surface area contributed by atoms with Crippen LogP contribution in [0.15, 0.2) is 33.9 Å². The molecule has 0 saturated carbocycles. The van der Waals surface area contributed by atoms with Crippen molar-refractivity contribution in [3.8, 4) is 0 Å². The lowest BCUT2D eigenvalue weighted by atomic mass is 10.1. The van der Waals surface area contributed by atoms with Gasteiger partial charge in [-0.3, -0.25) is 23.7 Å². The molecule has 1 saturated heterocycles. The van der Waals surface area contributed by atoms with Gasteiger partial charge in [0.2, 0.25) is 5.91 Å². The zero-order chi connectivity index (χ0) is 20.4. The lowest BCUT2D eigenvalue weighted by Crippen LogP contribution is -2.44. The first-order valence-electron chi connectivity index (χ1n) is 9.55. The molecule has 0 aliphatic carbocycles. The number of hydrogen-bond acceptors (Lipinski definition) is 7. The third-order valence-corrected chi connectivity index (χ3v) is 5.10. The van der Waals surface area contributed by atoms with Gasteiger partial charge in [0.25, 0.3) is 5.56 Å². The van der Waals surface area contributed by atoms with E-state index in [1.54, 1.807) is 7.05 Å². The molecular formula is C19H24N6O4. The Morgan fingerprint density at radius 1 is 1.31 bits per heavy atom. The number of carbonyl (C=O) groups is 1. The monoisotopic (exact) mass is 400 g/mol. The molecule has 3 aromatic heterocycles. The minimum Gasteiger partial charge on any atom is -0.465 e. The molecule has 1 aliphatic rings. The number of ether oxygens (including phenoxy) is 1. The van der Waals surface area contributed by atoms with Crippen molar-refractivity contribution in [2.45, 2.75) is 19.5 Å². The molecule has 1 N–H and O–H groups in total. The van der Waals surface area contributed by atoms with Crippen molar-refractivity contribution >= 4 is 16.9 Å². The Morgan fingerprint density at radius 2 is 2.10 bits per heavy atom. The predicted molar refractivity (Wildman–Crippen MR) is 104 cm³/mol. The van der Waals surface area contributed by atoms with Crippen molar-refractivity contribution in [2.75, 3.05) is 32.8 Å². The Balaban J connectivity index is 1.45. The molecule has 0 spiro atoms. The standard InChI is InChI=1S/C19H24N6O4/c1-13-3-4-16(29-13)15(24-5-7-28-8-6-24)10-20-17(26)11-25-12-21-18-14(19(25)27)9-22-23(18)2/h3-4,9,12,15H,5-8,10-11H2,1-2H3,(H,20,26). The number of aromatic nitrogens is 4. The lowest BCUT2D eigenvalue weighted by Gasteiger charge is -2.33. The van der Waals surface area contributed by atoms with Gasteiger partial charge in [-0.2, -0.15) is 5.10 Å². The van der Waals surface area contributed by atoms with E-state index in [9.17, 15) is 9.59 Å². The first-order chi connectivity index (χ1) is 14.0. The maximum absolute atomic E-state index is 12.5. The number of amides is 1. The molecule has 154 valence electrons. The summed E-state index contributed by atoms with van der Waals surface area (Å²) in [6.07, 6.45) is 2.84. The first kappa shape index (κ1) is 19.3. The maximum Gasteiger partial charge on any atom is 0.264 e. The van der Waals surface area contributed by atoms with E-state index in [1.165, 1.54) is 21.8 Å². The van der Waals surface area contributed by atoms with Crippen LogP contribution >= 0.6 is 0 Å². The quantitative estimate of drug-likeness (QED) is 0.631. The Kier molecular flexibility index (Phi) is 5.45. The average molecular weight is 400 g/mol. The zero-order valence-corrected chi connectivity index (χ0v) is 16.5. The number of aryl methyl sites for hydroxylation is 2. The second-order valence-corrected chi connectivity index (χ2v) is 7.10. The van der Waals surface area contributed by atoms with Gasteiger partial charge in [-0.1, -0.05) is 0 Å². The number of nitrogens with zero attached hydrogens (tertiary/aromatic N) is 5. The zero-order valence-electron chi connectivity index (χ0n) is 16.5.